The van der Waals surface area contributed by atoms with Crippen molar-refractivity contribution < 1.29 is 5.11 Å². The van der Waals surface area contributed by atoms with Gasteiger partial charge in [0.05, 0.1) is 26.6 Å². The Labute approximate surface area is 124 Å². The van der Waals surface area contributed by atoms with Crippen LogP contribution in [0, 0.1) is 0 Å². The summed E-state index contributed by atoms with van der Waals surface area (Å²) in [5.74, 6) is -0.331. The van der Waals surface area contributed by atoms with Crippen molar-refractivity contribution in [3.63, 3.8) is 0 Å². The molecule has 0 fully saturated rings. The molecule has 1 aromatic heterocycles. The Morgan fingerprint density at radius 2 is 1.70 bits per heavy atom. The van der Waals surface area contributed by atoms with E-state index < -0.39 is 5.43 Å². The molecule has 3 nitrogen and oxygen atoms in total. The van der Waals surface area contributed by atoms with Crippen molar-refractivity contribution in [2.24, 2.45) is 0 Å². The van der Waals surface area contributed by atoms with E-state index in [1.165, 1.54) is 12.1 Å². The monoisotopic (exact) mass is 305 g/mol. The van der Waals surface area contributed by atoms with E-state index >= 15 is 0 Å². The van der Waals surface area contributed by atoms with Gasteiger partial charge in [-0.2, -0.15) is 0 Å². The minimum Gasteiger partial charge on any atom is -0.503 e. The van der Waals surface area contributed by atoms with E-state index in [-0.39, 0.29) is 10.8 Å². The summed E-state index contributed by atoms with van der Waals surface area (Å²) in [6, 6.07) is 12.1. The predicted octanol–water partition coefficient (Wildman–Crippen LogP) is 4.21. The molecule has 0 radical (unpaired) electrons. The van der Waals surface area contributed by atoms with Crippen molar-refractivity contribution in [3.05, 3.63) is 62.7 Å². The number of aromatic amines is 1. The van der Waals surface area contributed by atoms with Crippen LogP contribution in [0.1, 0.15) is 0 Å². The van der Waals surface area contributed by atoms with Crippen LogP contribution in [0.15, 0.2) is 47.3 Å². The van der Waals surface area contributed by atoms with Crippen molar-refractivity contribution in [3.8, 4) is 17.0 Å². The number of aromatic nitrogens is 1. The number of hydrogen-bond donors (Lipinski definition) is 2. The summed E-state index contributed by atoms with van der Waals surface area (Å²) in [7, 11) is 0. The maximum Gasteiger partial charge on any atom is 0.231 e. The first-order valence-electron chi connectivity index (χ1n) is 5.88. The second-order valence-corrected chi connectivity index (χ2v) is 5.11. The van der Waals surface area contributed by atoms with Crippen LogP contribution >= 0.6 is 23.2 Å². The molecule has 0 aliphatic heterocycles. The van der Waals surface area contributed by atoms with Gasteiger partial charge in [-0.3, -0.25) is 4.79 Å². The van der Waals surface area contributed by atoms with Gasteiger partial charge in [0.15, 0.2) is 5.75 Å². The van der Waals surface area contributed by atoms with E-state index in [1.807, 2.05) is 18.2 Å². The van der Waals surface area contributed by atoms with Gasteiger partial charge in [-0.15, -0.1) is 0 Å². The fraction of sp³-hybridized carbons (Fsp3) is 0. The highest BCUT2D eigenvalue weighted by atomic mass is 35.5. The van der Waals surface area contributed by atoms with Crippen LogP contribution in [0.3, 0.4) is 0 Å². The lowest BCUT2D eigenvalue weighted by Gasteiger charge is -2.09. The van der Waals surface area contributed by atoms with E-state index in [2.05, 4.69) is 4.98 Å². The average molecular weight is 306 g/mol. The number of fused-ring (bicyclic) bond motifs is 1. The molecule has 0 unspecified atom stereocenters. The largest absolute Gasteiger partial charge is 0.503 e. The Morgan fingerprint density at radius 1 is 1.00 bits per heavy atom. The highest BCUT2D eigenvalue weighted by molar-refractivity contribution is 6.45. The maximum atomic E-state index is 12.2. The minimum absolute atomic E-state index is 0.262. The molecule has 0 aliphatic carbocycles. The standard InChI is InChI=1S/C15H9Cl2NO2/c16-10-7-6-9-13(11(10)17)18-12(15(20)14(9)19)8-4-2-1-3-5-8/h1-7,20H,(H,18,19). The highest BCUT2D eigenvalue weighted by Crippen LogP contribution is 2.32. The molecule has 100 valence electrons. The van der Waals surface area contributed by atoms with E-state index in [0.717, 1.165) is 0 Å². The summed E-state index contributed by atoms with van der Waals surface area (Å²) in [4.78, 5) is 15.2. The lowest BCUT2D eigenvalue weighted by Crippen LogP contribution is -2.05. The van der Waals surface area contributed by atoms with Gasteiger partial charge >= 0.3 is 0 Å². The fourth-order valence-electron chi connectivity index (χ4n) is 2.10. The Hall–Kier alpha value is -1.97. The predicted molar refractivity (Wildman–Crippen MR) is 81.7 cm³/mol. The number of H-pyrrole nitrogens is 1. The molecule has 1 heterocycles. The van der Waals surface area contributed by atoms with Crippen LogP contribution in [0.5, 0.6) is 5.75 Å². The van der Waals surface area contributed by atoms with Crippen molar-refractivity contribution in [1.82, 2.24) is 4.98 Å². The van der Waals surface area contributed by atoms with Crippen molar-refractivity contribution in [1.29, 1.82) is 0 Å². The summed E-state index contributed by atoms with van der Waals surface area (Å²) in [5, 5.41) is 11.0. The third-order valence-electron chi connectivity index (χ3n) is 3.10. The van der Waals surface area contributed by atoms with Gasteiger partial charge in [-0.05, 0) is 12.1 Å². The number of benzene rings is 2. The first kappa shape index (κ1) is 13.0. The molecule has 5 heteroatoms. The fourth-order valence-corrected chi connectivity index (χ4v) is 2.47. The maximum absolute atomic E-state index is 12.2. The van der Waals surface area contributed by atoms with Crippen molar-refractivity contribution >= 4 is 34.1 Å². The van der Waals surface area contributed by atoms with Crippen LogP contribution in [0.25, 0.3) is 22.2 Å². The Kier molecular flexibility index (Phi) is 3.16. The topological polar surface area (TPSA) is 53.1 Å². The number of aromatic hydroxyl groups is 1. The molecule has 2 N–H and O–H groups in total. The van der Waals surface area contributed by atoms with E-state index in [0.29, 0.717) is 27.2 Å². The van der Waals surface area contributed by atoms with Gasteiger partial charge in [0.1, 0.15) is 0 Å². The van der Waals surface area contributed by atoms with E-state index in [1.54, 1.807) is 12.1 Å². The number of hydrogen-bond acceptors (Lipinski definition) is 2. The number of halogens is 2. The molecule has 0 amide bonds. The lowest BCUT2D eigenvalue weighted by atomic mass is 10.1. The molecule has 0 saturated heterocycles. The summed E-state index contributed by atoms with van der Waals surface area (Å²) in [5.41, 5.74) is 0.962. The Morgan fingerprint density at radius 3 is 2.40 bits per heavy atom. The Balaban J connectivity index is 2.44. The van der Waals surface area contributed by atoms with Crippen LogP contribution < -0.4 is 5.43 Å². The van der Waals surface area contributed by atoms with Crippen molar-refractivity contribution in [2.75, 3.05) is 0 Å². The summed E-state index contributed by atoms with van der Waals surface area (Å²) < 4.78 is 0. The molecule has 2 aromatic carbocycles. The molecule has 0 spiro atoms. The third kappa shape index (κ3) is 1.96. The van der Waals surface area contributed by atoms with Crippen molar-refractivity contribution in [2.45, 2.75) is 0 Å². The van der Waals surface area contributed by atoms with Crippen LogP contribution in [-0.4, -0.2) is 10.1 Å². The van der Waals surface area contributed by atoms with Gasteiger partial charge in [-0.1, -0.05) is 53.5 Å². The SMILES string of the molecule is O=c1c(O)c(-c2ccccc2)[nH]c2c(Cl)c(Cl)ccc12. The van der Waals surface area contributed by atoms with Gasteiger partial charge in [0, 0.05) is 5.56 Å². The first-order chi connectivity index (χ1) is 9.59. The van der Waals surface area contributed by atoms with Crippen LogP contribution in [0.2, 0.25) is 10.0 Å². The quantitative estimate of drug-likeness (QED) is 0.707. The summed E-state index contributed by atoms with van der Waals surface area (Å²) in [6.07, 6.45) is 0. The van der Waals surface area contributed by atoms with Gasteiger partial charge in [-0.25, -0.2) is 0 Å². The second-order valence-electron chi connectivity index (χ2n) is 4.33. The Bertz CT molecular complexity index is 857. The van der Waals surface area contributed by atoms with E-state index in [9.17, 15) is 9.90 Å². The van der Waals surface area contributed by atoms with Gasteiger partial charge in [0.25, 0.3) is 0 Å². The van der Waals surface area contributed by atoms with E-state index in [4.69, 9.17) is 23.2 Å². The highest BCUT2D eigenvalue weighted by Gasteiger charge is 2.15. The lowest BCUT2D eigenvalue weighted by molar-refractivity contribution is 0.471. The summed E-state index contributed by atoms with van der Waals surface area (Å²) >= 11 is 12.1. The average Bonchev–Trinajstić information content (AvgIpc) is 2.47. The number of rotatable bonds is 1. The van der Waals surface area contributed by atoms with Crippen LogP contribution in [0.4, 0.5) is 0 Å². The molecule has 3 rings (SSSR count). The molecule has 0 saturated carbocycles. The smallest absolute Gasteiger partial charge is 0.231 e. The molecular weight excluding hydrogens is 297 g/mol. The number of pyridine rings is 1. The second kappa shape index (κ2) is 4.85. The number of nitrogens with one attached hydrogen (secondary N) is 1. The normalized spacial score (nSPS) is 10.9. The third-order valence-corrected chi connectivity index (χ3v) is 3.91. The molecule has 20 heavy (non-hydrogen) atoms. The van der Waals surface area contributed by atoms with Gasteiger partial charge in [0.2, 0.25) is 5.43 Å². The molecular formula is C15H9Cl2NO2. The summed E-state index contributed by atoms with van der Waals surface area (Å²) in [6.45, 7) is 0. The zero-order chi connectivity index (χ0) is 14.3. The first-order valence-corrected chi connectivity index (χ1v) is 6.63. The minimum atomic E-state index is -0.476. The zero-order valence-corrected chi connectivity index (χ0v) is 11.7. The van der Waals surface area contributed by atoms with Crippen LogP contribution in [-0.2, 0) is 0 Å². The molecule has 0 bridgehead atoms. The molecule has 0 atom stereocenters. The zero-order valence-electron chi connectivity index (χ0n) is 10.2. The molecule has 3 aromatic rings. The molecule has 0 aliphatic rings. The van der Waals surface area contributed by atoms with Gasteiger partial charge < -0.3 is 10.1 Å².